The van der Waals surface area contributed by atoms with E-state index in [0.717, 1.165) is 23.1 Å². The van der Waals surface area contributed by atoms with Crippen LogP contribution in [0, 0.1) is 0 Å². The van der Waals surface area contributed by atoms with Crippen LogP contribution in [0.4, 0.5) is 0 Å². The molecule has 1 atom stereocenters. The van der Waals surface area contributed by atoms with Crippen LogP contribution in [0.5, 0.6) is 0 Å². The molecule has 0 aromatic heterocycles. The summed E-state index contributed by atoms with van der Waals surface area (Å²) in [6, 6.07) is 16.2. The van der Waals surface area contributed by atoms with Crippen LogP contribution < -0.4 is 17.0 Å². The molecule has 0 bridgehead atoms. The third-order valence-corrected chi connectivity index (χ3v) is 4.36. The highest BCUT2D eigenvalue weighted by molar-refractivity contribution is 5.80. The molecule has 0 aliphatic heterocycles. The van der Waals surface area contributed by atoms with Gasteiger partial charge in [-0.05, 0) is 47.7 Å². The summed E-state index contributed by atoms with van der Waals surface area (Å²) in [5.41, 5.74) is 4.20. The Hall–Kier alpha value is -3.19. The van der Waals surface area contributed by atoms with E-state index >= 15 is 0 Å². The van der Waals surface area contributed by atoms with Crippen molar-refractivity contribution in [2.24, 2.45) is 21.9 Å². The highest BCUT2D eigenvalue weighted by Crippen LogP contribution is 2.20. The van der Waals surface area contributed by atoms with Crippen molar-refractivity contribution in [3.63, 3.8) is 0 Å². The number of carbonyl (C=O) groups excluding carboxylic acids is 1. The fraction of sp³-hybridized carbons (Fsp3) is 0.286. The van der Waals surface area contributed by atoms with Crippen molar-refractivity contribution < 1.29 is 9.53 Å². The summed E-state index contributed by atoms with van der Waals surface area (Å²) in [6.45, 7) is 0.701. The molecule has 148 valence electrons. The number of hydrogen-bond acceptors (Lipinski definition) is 7. The van der Waals surface area contributed by atoms with Crippen LogP contribution in [-0.2, 0) is 16.0 Å². The van der Waals surface area contributed by atoms with E-state index < -0.39 is 0 Å². The predicted molar refractivity (Wildman–Crippen MR) is 112 cm³/mol. The zero-order valence-corrected chi connectivity index (χ0v) is 16.0. The highest BCUT2D eigenvalue weighted by Gasteiger charge is 2.13. The monoisotopic (exact) mass is 381 g/mol. The maximum Gasteiger partial charge on any atom is 0.305 e. The quantitative estimate of drug-likeness (QED) is 0.192. The number of esters is 1. The Balaban J connectivity index is 2.13. The topological polar surface area (TPSA) is 115 Å². The maximum absolute atomic E-state index is 11.3. The summed E-state index contributed by atoms with van der Waals surface area (Å²) in [5, 5.41) is 10.7. The van der Waals surface area contributed by atoms with Gasteiger partial charge in [0.2, 0.25) is 0 Å². The van der Waals surface area contributed by atoms with E-state index in [0.29, 0.717) is 19.4 Å². The van der Waals surface area contributed by atoms with Crippen molar-refractivity contribution in [2.45, 2.75) is 25.3 Å². The van der Waals surface area contributed by atoms with Gasteiger partial charge in [0, 0.05) is 12.5 Å². The largest absolute Gasteiger partial charge is 0.469 e. The number of hydrazone groups is 2. The Morgan fingerprint density at radius 3 is 2.50 bits per heavy atom. The lowest BCUT2D eigenvalue weighted by Crippen LogP contribution is -2.25. The molecule has 0 saturated carbocycles. The predicted octanol–water partition coefficient (Wildman–Crippen LogP) is 2.10. The van der Waals surface area contributed by atoms with Crippen molar-refractivity contribution in [1.82, 2.24) is 5.32 Å². The van der Waals surface area contributed by atoms with E-state index in [4.69, 9.17) is 16.4 Å². The molecule has 0 aliphatic rings. The van der Waals surface area contributed by atoms with Crippen molar-refractivity contribution in [3.8, 4) is 0 Å². The van der Waals surface area contributed by atoms with Crippen LogP contribution in [0.15, 0.2) is 58.7 Å². The Morgan fingerprint density at radius 2 is 1.82 bits per heavy atom. The van der Waals surface area contributed by atoms with E-state index in [2.05, 4.69) is 39.8 Å². The molecular weight excluding hydrogens is 354 g/mol. The van der Waals surface area contributed by atoms with Crippen LogP contribution in [0.3, 0.4) is 0 Å². The summed E-state index contributed by atoms with van der Waals surface area (Å²) in [6.07, 6.45) is 5.13. The first kappa shape index (κ1) is 21.1. The van der Waals surface area contributed by atoms with Crippen LogP contribution in [0.2, 0.25) is 0 Å². The van der Waals surface area contributed by atoms with Crippen molar-refractivity contribution >= 4 is 18.4 Å². The average Bonchev–Trinajstić information content (AvgIpc) is 2.72. The van der Waals surface area contributed by atoms with Gasteiger partial charge >= 0.3 is 5.97 Å². The van der Waals surface area contributed by atoms with Gasteiger partial charge in [-0.25, -0.2) is 0 Å². The van der Waals surface area contributed by atoms with Crippen molar-refractivity contribution in [1.29, 1.82) is 0 Å². The molecule has 1 unspecified atom stereocenters. The SMILES string of the molecule is COC(=O)CCCNC(Cc1ccc(/C=N/N)cc1)c1cccc(/C=N/N)c1. The van der Waals surface area contributed by atoms with Gasteiger partial charge in [-0.2, -0.15) is 10.2 Å². The summed E-state index contributed by atoms with van der Waals surface area (Å²) in [5.74, 6) is 10.3. The Labute approximate surface area is 165 Å². The number of nitrogens with zero attached hydrogens (tertiary/aromatic N) is 2. The number of nitrogens with two attached hydrogens (primary N) is 2. The Morgan fingerprint density at radius 1 is 1.11 bits per heavy atom. The van der Waals surface area contributed by atoms with E-state index in [1.807, 2.05) is 24.3 Å². The molecule has 7 nitrogen and oxygen atoms in total. The summed E-state index contributed by atoms with van der Waals surface area (Å²) in [7, 11) is 1.40. The van der Waals surface area contributed by atoms with Crippen LogP contribution in [0.25, 0.3) is 0 Å². The second kappa shape index (κ2) is 11.5. The first-order chi connectivity index (χ1) is 13.7. The van der Waals surface area contributed by atoms with Gasteiger partial charge in [-0.15, -0.1) is 0 Å². The van der Waals surface area contributed by atoms with Gasteiger partial charge in [-0.3, -0.25) is 4.79 Å². The van der Waals surface area contributed by atoms with Gasteiger partial charge in [0.1, 0.15) is 0 Å². The number of ether oxygens (including phenoxy) is 1. The van der Waals surface area contributed by atoms with E-state index in [1.54, 1.807) is 12.4 Å². The van der Waals surface area contributed by atoms with Gasteiger partial charge in [0.05, 0.1) is 19.5 Å². The molecule has 2 aromatic carbocycles. The van der Waals surface area contributed by atoms with Crippen molar-refractivity contribution in [3.05, 3.63) is 70.8 Å². The summed E-state index contributed by atoms with van der Waals surface area (Å²) >= 11 is 0. The van der Waals surface area contributed by atoms with Crippen LogP contribution >= 0.6 is 0 Å². The average molecular weight is 381 g/mol. The minimum atomic E-state index is -0.198. The summed E-state index contributed by atoms with van der Waals surface area (Å²) < 4.78 is 4.70. The van der Waals surface area contributed by atoms with E-state index in [9.17, 15) is 4.79 Å². The number of benzene rings is 2. The molecule has 28 heavy (non-hydrogen) atoms. The standard InChI is InChI=1S/C21H27N5O2/c1-28-21(27)6-3-11-24-20(19-5-2-4-18(12-19)15-26-23)13-16-7-9-17(10-8-16)14-25-22/h2,4-5,7-10,12,14-15,20,24H,3,6,11,13,22-23H2,1H3/b25-14+,26-15+. The number of hydrogen-bond donors (Lipinski definition) is 3. The second-order valence-electron chi connectivity index (χ2n) is 6.36. The lowest BCUT2D eigenvalue weighted by atomic mass is 9.96. The molecule has 0 fully saturated rings. The Kier molecular flexibility index (Phi) is 8.68. The molecule has 0 amide bonds. The number of nitrogens with one attached hydrogen (secondary N) is 1. The lowest BCUT2D eigenvalue weighted by Gasteiger charge is -2.20. The fourth-order valence-electron chi connectivity index (χ4n) is 2.92. The number of methoxy groups -OCH3 is 1. The molecule has 0 radical (unpaired) electrons. The fourth-order valence-corrected chi connectivity index (χ4v) is 2.92. The number of carbonyl (C=O) groups is 1. The van der Waals surface area contributed by atoms with Gasteiger partial charge in [0.25, 0.3) is 0 Å². The van der Waals surface area contributed by atoms with Gasteiger partial charge < -0.3 is 21.7 Å². The summed E-state index contributed by atoms with van der Waals surface area (Å²) in [4.78, 5) is 11.3. The molecule has 2 rings (SSSR count). The molecular formula is C21H27N5O2. The Bertz CT molecular complexity index is 803. The molecule has 2 aromatic rings. The molecule has 0 heterocycles. The number of rotatable bonds is 10. The van der Waals surface area contributed by atoms with Gasteiger partial charge in [-0.1, -0.05) is 42.5 Å². The third kappa shape index (κ3) is 6.85. The minimum Gasteiger partial charge on any atom is -0.469 e. The lowest BCUT2D eigenvalue weighted by molar-refractivity contribution is -0.140. The normalized spacial score (nSPS) is 12.5. The van der Waals surface area contributed by atoms with Crippen LogP contribution in [-0.4, -0.2) is 32.1 Å². The third-order valence-electron chi connectivity index (χ3n) is 4.36. The molecule has 5 N–H and O–H groups in total. The second-order valence-corrected chi connectivity index (χ2v) is 6.36. The molecule has 0 aliphatic carbocycles. The molecule has 0 saturated heterocycles. The minimum absolute atomic E-state index is 0.0813. The molecule has 0 spiro atoms. The molecule has 7 heteroatoms. The van der Waals surface area contributed by atoms with E-state index in [1.165, 1.54) is 12.7 Å². The van der Waals surface area contributed by atoms with Crippen LogP contribution in [0.1, 0.15) is 41.1 Å². The zero-order chi connectivity index (χ0) is 20.2. The van der Waals surface area contributed by atoms with E-state index in [-0.39, 0.29) is 12.0 Å². The maximum atomic E-state index is 11.3. The smallest absolute Gasteiger partial charge is 0.305 e. The highest BCUT2D eigenvalue weighted by atomic mass is 16.5. The first-order valence-corrected chi connectivity index (χ1v) is 9.12. The zero-order valence-electron chi connectivity index (χ0n) is 16.0. The van der Waals surface area contributed by atoms with Crippen molar-refractivity contribution in [2.75, 3.05) is 13.7 Å². The van der Waals surface area contributed by atoms with Gasteiger partial charge in [0.15, 0.2) is 0 Å². The first-order valence-electron chi connectivity index (χ1n) is 9.12.